The van der Waals surface area contributed by atoms with Crippen LogP contribution in [0.3, 0.4) is 0 Å². The first-order chi connectivity index (χ1) is 13.6. The van der Waals surface area contributed by atoms with Crippen LogP contribution in [-0.4, -0.2) is 20.9 Å². The highest BCUT2D eigenvalue weighted by atomic mass is 16.4. The summed E-state index contributed by atoms with van der Waals surface area (Å²) in [7, 11) is 0. The van der Waals surface area contributed by atoms with Crippen LogP contribution in [0.4, 0.5) is 5.69 Å². The lowest BCUT2D eigenvalue weighted by atomic mass is 10.2. The molecule has 2 aromatic heterocycles. The molecule has 0 aliphatic rings. The molecule has 2 aromatic carbocycles. The van der Waals surface area contributed by atoms with Crippen LogP contribution in [-0.2, 0) is 11.3 Å². The summed E-state index contributed by atoms with van der Waals surface area (Å²) in [5, 5.41) is 12.0. The largest absolute Gasteiger partial charge is 0.423 e. The molecule has 8 nitrogen and oxygen atoms in total. The van der Waals surface area contributed by atoms with E-state index >= 15 is 0 Å². The molecule has 0 spiro atoms. The van der Waals surface area contributed by atoms with E-state index in [1.165, 1.54) is 10.7 Å². The number of benzene rings is 2. The van der Waals surface area contributed by atoms with Gasteiger partial charge in [0.2, 0.25) is 5.91 Å². The van der Waals surface area contributed by atoms with Gasteiger partial charge in [0.15, 0.2) is 0 Å². The Kier molecular flexibility index (Phi) is 4.67. The summed E-state index contributed by atoms with van der Waals surface area (Å²) in [5.74, 6) is -0.182. The Morgan fingerprint density at radius 1 is 1.07 bits per heavy atom. The van der Waals surface area contributed by atoms with E-state index in [0.717, 1.165) is 5.39 Å². The van der Waals surface area contributed by atoms with Crippen LogP contribution < -0.4 is 16.5 Å². The third-order valence-corrected chi connectivity index (χ3v) is 4.31. The van der Waals surface area contributed by atoms with Crippen molar-refractivity contribution in [2.75, 3.05) is 5.32 Å². The Labute approximate surface area is 158 Å². The summed E-state index contributed by atoms with van der Waals surface area (Å²) in [4.78, 5) is 35.8. The van der Waals surface area contributed by atoms with Gasteiger partial charge in [0.1, 0.15) is 11.1 Å². The number of hydrogen-bond acceptors (Lipinski definition) is 6. The van der Waals surface area contributed by atoms with Crippen LogP contribution in [0, 0.1) is 0 Å². The van der Waals surface area contributed by atoms with Crippen LogP contribution in [0.2, 0.25) is 0 Å². The van der Waals surface area contributed by atoms with Crippen LogP contribution >= 0.6 is 0 Å². The first-order valence-electron chi connectivity index (χ1n) is 8.76. The van der Waals surface area contributed by atoms with Crippen molar-refractivity contribution in [1.82, 2.24) is 15.0 Å². The molecule has 1 amide bonds. The van der Waals surface area contributed by atoms with E-state index in [2.05, 4.69) is 15.6 Å². The fraction of sp³-hybridized carbons (Fsp3) is 0.150. The van der Waals surface area contributed by atoms with Crippen molar-refractivity contribution in [3.63, 3.8) is 0 Å². The Morgan fingerprint density at radius 3 is 2.82 bits per heavy atom. The van der Waals surface area contributed by atoms with Gasteiger partial charge in [-0.1, -0.05) is 17.3 Å². The number of carbonyl (C=O) groups is 1. The molecule has 28 heavy (non-hydrogen) atoms. The van der Waals surface area contributed by atoms with Crippen molar-refractivity contribution in [1.29, 1.82) is 0 Å². The zero-order chi connectivity index (χ0) is 19.5. The van der Waals surface area contributed by atoms with Crippen LogP contribution in [0.1, 0.15) is 12.8 Å². The third-order valence-electron chi connectivity index (χ3n) is 4.31. The molecule has 0 fully saturated rings. The molecule has 4 rings (SSSR count). The molecule has 0 aliphatic heterocycles. The lowest BCUT2D eigenvalue weighted by molar-refractivity contribution is -0.116. The average molecular weight is 376 g/mol. The molecular formula is C20H16N4O4. The van der Waals surface area contributed by atoms with Gasteiger partial charge in [-0.2, -0.15) is 0 Å². The Morgan fingerprint density at radius 2 is 1.93 bits per heavy atom. The van der Waals surface area contributed by atoms with Crippen LogP contribution in [0.25, 0.3) is 21.9 Å². The standard InChI is InChI=1S/C20H16N4O4/c25-18(21-14-8-9-17-13(12-14)7-10-19(26)28-17)6-3-11-24-20(27)15-4-1-2-5-16(15)22-23-24/h1-2,4-5,7-10,12H,3,6,11H2,(H,21,25). The number of nitrogens with zero attached hydrogens (tertiary/aromatic N) is 3. The quantitative estimate of drug-likeness (QED) is 0.536. The molecule has 140 valence electrons. The van der Waals surface area contributed by atoms with Crippen molar-refractivity contribution in [2.45, 2.75) is 19.4 Å². The minimum Gasteiger partial charge on any atom is -0.423 e. The number of fused-ring (bicyclic) bond motifs is 2. The van der Waals surface area contributed by atoms with Gasteiger partial charge in [0.25, 0.3) is 5.56 Å². The number of carbonyl (C=O) groups excluding carboxylic acids is 1. The molecule has 0 bridgehead atoms. The smallest absolute Gasteiger partial charge is 0.336 e. The summed E-state index contributed by atoms with van der Waals surface area (Å²) in [6, 6.07) is 15.0. The first-order valence-corrected chi connectivity index (χ1v) is 8.76. The van der Waals surface area contributed by atoms with E-state index in [4.69, 9.17) is 4.42 Å². The normalized spacial score (nSPS) is 11.0. The van der Waals surface area contributed by atoms with Crippen molar-refractivity contribution < 1.29 is 9.21 Å². The van der Waals surface area contributed by atoms with Crippen molar-refractivity contribution in [3.05, 3.63) is 75.4 Å². The highest BCUT2D eigenvalue weighted by Crippen LogP contribution is 2.18. The van der Waals surface area contributed by atoms with Crippen molar-refractivity contribution in [3.8, 4) is 0 Å². The van der Waals surface area contributed by atoms with E-state index in [1.54, 1.807) is 48.5 Å². The lowest BCUT2D eigenvalue weighted by Crippen LogP contribution is -2.25. The molecule has 2 heterocycles. The number of rotatable bonds is 5. The minimum absolute atomic E-state index is 0.182. The maximum atomic E-state index is 12.4. The fourth-order valence-corrected chi connectivity index (χ4v) is 2.93. The number of amides is 1. The van der Waals surface area contributed by atoms with E-state index in [9.17, 15) is 14.4 Å². The molecule has 0 saturated heterocycles. The van der Waals surface area contributed by atoms with Gasteiger partial charge in [-0.15, -0.1) is 5.10 Å². The summed E-state index contributed by atoms with van der Waals surface area (Å²) in [5.41, 5.74) is 0.973. The van der Waals surface area contributed by atoms with Gasteiger partial charge < -0.3 is 9.73 Å². The molecule has 1 N–H and O–H groups in total. The SMILES string of the molecule is O=C(CCCn1nnc2ccccc2c1=O)Nc1ccc2oc(=O)ccc2c1. The van der Waals surface area contributed by atoms with Gasteiger partial charge in [-0.05, 0) is 42.8 Å². The second-order valence-corrected chi connectivity index (χ2v) is 6.29. The lowest BCUT2D eigenvalue weighted by Gasteiger charge is -2.07. The van der Waals surface area contributed by atoms with E-state index in [-0.39, 0.29) is 17.9 Å². The zero-order valence-electron chi connectivity index (χ0n) is 14.8. The predicted molar refractivity (Wildman–Crippen MR) is 104 cm³/mol. The summed E-state index contributed by atoms with van der Waals surface area (Å²) >= 11 is 0. The molecule has 0 unspecified atom stereocenters. The number of anilines is 1. The molecule has 4 aromatic rings. The maximum Gasteiger partial charge on any atom is 0.336 e. The molecular weight excluding hydrogens is 360 g/mol. The molecule has 0 atom stereocenters. The van der Waals surface area contributed by atoms with Gasteiger partial charge in [-0.25, -0.2) is 9.48 Å². The van der Waals surface area contributed by atoms with E-state index in [1.807, 2.05) is 0 Å². The molecule has 0 radical (unpaired) electrons. The summed E-state index contributed by atoms with van der Waals surface area (Å²) in [6.07, 6.45) is 0.671. The van der Waals surface area contributed by atoms with Crippen LogP contribution in [0.5, 0.6) is 0 Å². The fourth-order valence-electron chi connectivity index (χ4n) is 2.93. The van der Waals surface area contributed by atoms with E-state index in [0.29, 0.717) is 35.1 Å². The average Bonchev–Trinajstić information content (AvgIpc) is 2.70. The number of aromatic nitrogens is 3. The van der Waals surface area contributed by atoms with Crippen molar-refractivity contribution >= 4 is 33.5 Å². The highest BCUT2D eigenvalue weighted by molar-refractivity contribution is 5.93. The Bertz CT molecular complexity index is 1290. The van der Waals surface area contributed by atoms with Gasteiger partial charge in [0, 0.05) is 30.1 Å². The number of aryl methyl sites for hydroxylation is 1. The third kappa shape index (κ3) is 3.66. The van der Waals surface area contributed by atoms with Gasteiger partial charge in [-0.3, -0.25) is 9.59 Å². The maximum absolute atomic E-state index is 12.4. The Hall–Kier alpha value is -3.81. The molecule has 8 heteroatoms. The summed E-state index contributed by atoms with van der Waals surface area (Å²) < 4.78 is 6.34. The highest BCUT2D eigenvalue weighted by Gasteiger charge is 2.08. The van der Waals surface area contributed by atoms with Gasteiger partial charge >= 0.3 is 5.63 Å². The second kappa shape index (κ2) is 7.43. The van der Waals surface area contributed by atoms with E-state index < -0.39 is 5.63 Å². The van der Waals surface area contributed by atoms with Gasteiger partial charge in [0.05, 0.1) is 5.39 Å². The molecule has 0 saturated carbocycles. The topological polar surface area (TPSA) is 107 Å². The number of nitrogens with one attached hydrogen (secondary N) is 1. The second-order valence-electron chi connectivity index (χ2n) is 6.29. The first kappa shape index (κ1) is 17.6. The minimum atomic E-state index is -0.420. The molecule has 0 aliphatic carbocycles. The summed E-state index contributed by atoms with van der Waals surface area (Å²) in [6.45, 7) is 0.299. The Balaban J connectivity index is 1.38. The van der Waals surface area contributed by atoms with Crippen molar-refractivity contribution in [2.24, 2.45) is 0 Å². The predicted octanol–water partition coefficient (Wildman–Crippen LogP) is 2.32. The number of hydrogen-bond donors (Lipinski definition) is 1. The van der Waals surface area contributed by atoms with Crippen LogP contribution in [0.15, 0.2) is 68.6 Å². The monoisotopic (exact) mass is 376 g/mol. The zero-order valence-corrected chi connectivity index (χ0v) is 14.8.